The first-order chi connectivity index (χ1) is 12.7. The maximum atomic E-state index is 12.3. The number of amides is 1. The number of nitrogens with one attached hydrogen (secondary N) is 2. The van der Waals surface area contributed by atoms with E-state index in [-0.39, 0.29) is 30.5 Å². The molecular formula is C20H19ClN4O2. The molecule has 0 radical (unpaired) electrons. The highest BCUT2D eigenvalue weighted by Crippen LogP contribution is 2.17. The molecule has 2 aromatic carbocycles. The molecule has 2 atom stereocenters. The van der Waals surface area contributed by atoms with Crippen LogP contribution in [0, 0.1) is 17.9 Å². The molecule has 0 unspecified atom stereocenters. The van der Waals surface area contributed by atoms with Gasteiger partial charge in [0.1, 0.15) is 0 Å². The number of hydrogen-bond acceptors (Lipinski definition) is 4. The summed E-state index contributed by atoms with van der Waals surface area (Å²) in [5.74, 6) is -0.109. The van der Waals surface area contributed by atoms with Gasteiger partial charge in [0, 0.05) is 12.2 Å². The Morgan fingerprint density at radius 3 is 2.59 bits per heavy atom. The summed E-state index contributed by atoms with van der Waals surface area (Å²) >= 11 is 0. The number of carbonyl (C=O) groups is 1. The summed E-state index contributed by atoms with van der Waals surface area (Å²) < 4.78 is 5.87. The first-order valence-electron chi connectivity index (χ1n) is 8.30. The lowest BCUT2D eigenvalue weighted by molar-refractivity contribution is -0.118. The molecule has 1 amide bonds. The molecule has 138 valence electrons. The molecular weight excluding hydrogens is 364 g/mol. The van der Waals surface area contributed by atoms with E-state index in [4.69, 9.17) is 16.6 Å². The number of nitrogens with zero attached hydrogens (tertiary/aromatic N) is 2. The topological polar surface area (TPSA) is 78.5 Å². The van der Waals surface area contributed by atoms with Crippen molar-refractivity contribution >= 4 is 29.7 Å². The SMILES string of the molecule is Cl.[C-]#[N+]c1ccc(CO[C@H]2CN[C@@H](C(=O)Nc3ccc(C#N)cc3)C2)cc1. The van der Waals surface area contributed by atoms with Crippen molar-refractivity contribution in [3.63, 3.8) is 0 Å². The van der Waals surface area contributed by atoms with Crippen LogP contribution in [0.4, 0.5) is 11.4 Å². The average Bonchev–Trinajstić information content (AvgIpc) is 3.16. The van der Waals surface area contributed by atoms with E-state index >= 15 is 0 Å². The van der Waals surface area contributed by atoms with Gasteiger partial charge in [-0.15, -0.1) is 12.4 Å². The molecule has 2 N–H and O–H groups in total. The molecule has 1 heterocycles. The van der Waals surface area contributed by atoms with Crippen LogP contribution in [0.3, 0.4) is 0 Å². The van der Waals surface area contributed by atoms with Crippen LogP contribution in [0.25, 0.3) is 4.85 Å². The summed E-state index contributed by atoms with van der Waals surface area (Å²) in [6, 6.07) is 15.8. The Labute approximate surface area is 164 Å². The number of ether oxygens (including phenoxy) is 1. The van der Waals surface area contributed by atoms with Crippen molar-refractivity contribution in [2.24, 2.45) is 0 Å². The zero-order chi connectivity index (χ0) is 18.4. The van der Waals surface area contributed by atoms with E-state index in [1.165, 1.54) is 0 Å². The van der Waals surface area contributed by atoms with Crippen molar-refractivity contribution in [3.8, 4) is 6.07 Å². The smallest absolute Gasteiger partial charge is 0.241 e. The standard InChI is InChI=1S/C20H18N4O2.ClH/c1-22-16-6-4-15(5-7-16)13-26-18-10-19(23-12-18)20(25)24-17-8-2-14(11-21)3-9-17;/h2-9,18-19,23H,10,12-13H2,(H,24,25);1H/t18-,19-;/m1./s1. The Balaban J connectivity index is 0.00000261. The molecule has 0 aromatic heterocycles. The van der Waals surface area contributed by atoms with Gasteiger partial charge in [-0.25, -0.2) is 4.85 Å². The Hall–Kier alpha value is -2.90. The van der Waals surface area contributed by atoms with Crippen LogP contribution in [0.15, 0.2) is 48.5 Å². The molecule has 3 rings (SSSR count). The molecule has 0 aliphatic carbocycles. The molecule has 7 heteroatoms. The largest absolute Gasteiger partial charge is 0.372 e. The maximum absolute atomic E-state index is 12.3. The van der Waals surface area contributed by atoms with Gasteiger partial charge in [-0.3, -0.25) is 4.79 Å². The van der Waals surface area contributed by atoms with Crippen LogP contribution >= 0.6 is 12.4 Å². The number of rotatable bonds is 5. The number of nitriles is 1. The number of carbonyl (C=O) groups excluding carboxylic acids is 1. The molecule has 1 fully saturated rings. The number of anilines is 1. The van der Waals surface area contributed by atoms with Crippen LogP contribution in [0.2, 0.25) is 0 Å². The van der Waals surface area contributed by atoms with Gasteiger partial charge in [0.25, 0.3) is 0 Å². The predicted octanol–water partition coefficient (Wildman–Crippen LogP) is 3.42. The zero-order valence-corrected chi connectivity index (χ0v) is 15.3. The number of hydrogen-bond donors (Lipinski definition) is 2. The van der Waals surface area contributed by atoms with Gasteiger partial charge >= 0.3 is 0 Å². The van der Waals surface area contributed by atoms with Crippen LogP contribution in [-0.4, -0.2) is 24.6 Å². The fraction of sp³-hybridized carbons (Fsp3) is 0.250. The van der Waals surface area contributed by atoms with E-state index in [9.17, 15) is 4.79 Å². The lowest BCUT2D eigenvalue weighted by atomic mass is 10.1. The van der Waals surface area contributed by atoms with Crippen LogP contribution in [0.1, 0.15) is 17.5 Å². The third-order valence-corrected chi connectivity index (χ3v) is 4.24. The minimum absolute atomic E-state index is 0. The number of halogens is 1. The Morgan fingerprint density at radius 1 is 1.26 bits per heavy atom. The second kappa shape index (κ2) is 9.70. The highest BCUT2D eigenvalue weighted by Gasteiger charge is 2.30. The van der Waals surface area contributed by atoms with Crippen molar-refractivity contribution in [3.05, 3.63) is 71.1 Å². The van der Waals surface area contributed by atoms with Crippen LogP contribution in [-0.2, 0) is 16.1 Å². The second-order valence-electron chi connectivity index (χ2n) is 6.09. The van der Waals surface area contributed by atoms with E-state index in [0.717, 1.165) is 5.56 Å². The summed E-state index contributed by atoms with van der Waals surface area (Å²) in [5, 5.41) is 14.8. The van der Waals surface area contributed by atoms with E-state index in [1.807, 2.05) is 18.2 Å². The third-order valence-electron chi connectivity index (χ3n) is 4.24. The lowest BCUT2D eigenvalue weighted by Gasteiger charge is -2.12. The zero-order valence-electron chi connectivity index (χ0n) is 14.5. The molecule has 1 saturated heterocycles. The van der Waals surface area contributed by atoms with Crippen molar-refractivity contribution < 1.29 is 9.53 Å². The molecule has 1 aliphatic heterocycles. The molecule has 6 nitrogen and oxygen atoms in total. The summed E-state index contributed by atoms with van der Waals surface area (Å²) in [5.41, 5.74) is 2.83. The van der Waals surface area contributed by atoms with Gasteiger partial charge in [0.15, 0.2) is 5.69 Å². The molecule has 27 heavy (non-hydrogen) atoms. The highest BCUT2D eigenvalue weighted by atomic mass is 35.5. The fourth-order valence-electron chi connectivity index (χ4n) is 2.77. The summed E-state index contributed by atoms with van der Waals surface area (Å²) in [6.45, 7) is 8.02. The van der Waals surface area contributed by atoms with E-state index in [0.29, 0.717) is 36.5 Å². The first kappa shape index (κ1) is 20.4. The second-order valence-corrected chi connectivity index (χ2v) is 6.09. The Kier molecular flexibility index (Phi) is 7.34. The van der Waals surface area contributed by atoms with Crippen LogP contribution < -0.4 is 10.6 Å². The van der Waals surface area contributed by atoms with Crippen molar-refractivity contribution in [2.75, 3.05) is 11.9 Å². The quantitative estimate of drug-likeness (QED) is 0.777. The molecule has 0 saturated carbocycles. The maximum Gasteiger partial charge on any atom is 0.241 e. The minimum Gasteiger partial charge on any atom is -0.372 e. The van der Waals surface area contributed by atoms with E-state index < -0.39 is 0 Å². The lowest BCUT2D eigenvalue weighted by Crippen LogP contribution is -2.35. The number of benzene rings is 2. The summed E-state index contributed by atoms with van der Waals surface area (Å²) in [4.78, 5) is 15.7. The van der Waals surface area contributed by atoms with Crippen molar-refractivity contribution in [2.45, 2.75) is 25.2 Å². The molecule has 0 spiro atoms. The average molecular weight is 383 g/mol. The predicted molar refractivity (Wildman–Crippen MR) is 105 cm³/mol. The van der Waals surface area contributed by atoms with Gasteiger partial charge in [-0.05, 0) is 36.2 Å². The van der Waals surface area contributed by atoms with E-state index in [2.05, 4.69) is 15.5 Å². The van der Waals surface area contributed by atoms with Gasteiger partial charge < -0.3 is 15.4 Å². The monoisotopic (exact) mass is 382 g/mol. The summed E-state index contributed by atoms with van der Waals surface area (Å²) in [6.07, 6.45) is 0.565. The van der Waals surface area contributed by atoms with Crippen molar-refractivity contribution in [1.82, 2.24) is 5.32 Å². The molecule has 0 bridgehead atoms. The summed E-state index contributed by atoms with van der Waals surface area (Å²) in [7, 11) is 0. The van der Waals surface area contributed by atoms with Crippen LogP contribution in [0.5, 0.6) is 0 Å². The van der Waals surface area contributed by atoms with Gasteiger partial charge in [-0.2, -0.15) is 5.26 Å². The van der Waals surface area contributed by atoms with E-state index in [1.54, 1.807) is 36.4 Å². The van der Waals surface area contributed by atoms with Gasteiger partial charge in [-0.1, -0.05) is 24.3 Å². The first-order valence-corrected chi connectivity index (χ1v) is 8.30. The van der Waals surface area contributed by atoms with Gasteiger partial charge in [0.05, 0.1) is 37.0 Å². The third kappa shape index (κ3) is 5.54. The molecule has 1 aliphatic rings. The molecule has 2 aromatic rings. The Morgan fingerprint density at radius 2 is 1.96 bits per heavy atom. The normalized spacial score (nSPS) is 18.0. The van der Waals surface area contributed by atoms with Gasteiger partial charge in [0.2, 0.25) is 5.91 Å². The Bertz CT molecular complexity index is 854. The highest BCUT2D eigenvalue weighted by molar-refractivity contribution is 5.95. The fourth-order valence-corrected chi connectivity index (χ4v) is 2.77. The minimum atomic E-state index is -0.305. The van der Waals surface area contributed by atoms with Crippen molar-refractivity contribution in [1.29, 1.82) is 5.26 Å².